The van der Waals surface area contributed by atoms with Crippen LogP contribution in [0.25, 0.3) is 0 Å². The second kappa shape index (κ2) is 15.1. The van der Waals surface area contributed by atoms with Crippen LogP contribution in [0.3, 0.4) is 0 Å². The van der Waals surface area contributed by atoms with E-state index in [0.29, 0.717) is 12.4 Å². The number of carbonyl (C=O) groups is 2. The maximum absolute atomic E-state index is 14.6. The smallest absolute Gasteiger partial charge is 0.264 e. The minimum Gasteiger partial charge on any atom is -0.492 e. The van der Waals surface area contributed by atoms with Crippen molar-refractivity contribution in [1.82, 2.24) is 10.2 Å². The summed E-state index contributed by atoms with van der Waals surface area (Å²) >= 11 is 0. The Labute approximate surface area is 273 Å². The molecular weight excluding hydrogens is 598 g/mol. The van der Waals surface area contributed by atoms with Gasteiger partial charge in [0.15, 0.2) is 0 Å². The SMILES string of the molecule is CCOc1ccccc1N(CC(=O)N(Cc1ccc(C)cc1)C(Cc1ccccc1)C(=O)NC(C)(C)C)S(=O)(=O)c1ccccc1. The maximum atomic E-state index is 14.6. The highest BCUT2D eigenvalue weighted by Gasteiger charge is 2.36. The Morgan fingerprint density at radius 2 is 1.39 bits per heavy atom. The fourth-order valence-electron chi connectivity index (χ4n) is 5.07. The molecule has 0 radical (unpaired) electrons. The second-order valence-corrected chi connectivity index (χ2v) is 14.0. The molecule has 4 aromatic carbocycles. The van der Waals surface area contributed by atoms with Gasteiger partial charge in [-0.05, 0) is 70.0 Å². The van der Waals surface area contributed by atoms with Crippen LogP contribution in [-0.2, 0) is 32.6 Å². The molecule has 1 atom stereocenters. The zero-order valence-corrected chi connectivity index (χ0v) is 28.0. The molecular formula is C37H43N3O5S. The molecule has 0 saturated heterocycles. The van der Waals surface area contributed by atoms with Gasteiger partial charge in [-0.1, -0.05) is 90.5 Å². The third-order valence-electron chi connectivity index (χ3n) is 7.29. The highest BCUT2D eigenvalue weighted by atomic mass is 32.2. The zero-order valence-electron chi connectivity index (χ0n) is 27.1. The highest BCUT2D eigenvalue weighted by molar-refractivity contribution is 7.92. The molecule has 46 heavy (non-hydrogen) atoms. The van der Waals surface area contributed by atoms with Gasteiger partial charge in [0.05, 0.1) is 17.2 Å². The summed E-state index contributed by atoms with van der Waals surface area (Å²) in [5.41, 5.74) is 2.40. The van der Waals surface area contributed by atoms with E-state index in [2.05, 4.69) is 5.32 Å². The summed E-state index contributed by atoms with van der Waals surface area (Å²) in [7, 11) is -4.23. The van der Waals surface area contributed by atoms with Crippen molar-refractivity contribution in [2.75, 3.05) is 17.5 Å². The molecule has 0 fully saturated rings. The number of para-hydroxylation sites is 2. The van der Waals surface area contributed by atoms with E-state index in [1.807, 2.05) is 89.2 Å². The summed E-state index contributed by atoms with van der Waals surface area (Å²) in [6, 6.07) is 31.0. The van der Waals surface area contributed by atoms with Gasteiger partial charge in [-0.2, -0.15) is 0 Å². The second-order valence-electron chi connectivity index (χ2n) is 12.2. The first-order chi connectivity index (χ1) is 21.9. The van der Waals surface area contributed by atoms with E-state index in [1.54, 1.807) is 42.5 Å². The van der Waals surface area contributed by atoms with E-state index in [-0.39, 0.29) is 29.5 Å². The molecule has 8 nitrogen and oxygen atoms in total. The average Bonchev–Trinajstić information content (AvgIpc) is 3.03. The molecule has 0 aliphatic rings. The van der Waals surface area contributed by atoms with E-state index in [9.17, 15) is 18.0 Å². The molecule has 9 heteroatoms. The molecule has 0 aliphatic heterocycles. The molecule has 0 aromatic heterocycles. The van der Waals surface area contributed by atoms with Crippen LogP contribution in [0.1, 0.15) is 44.4 Å². The largest absolute Gasteiger partial charge is 0.492 e. The van der Waals surface area contributed by atoms with Gasteiger partial charge >= 0.3 is 0 Å². The molecule has 0 spiro atoms. The van der Waals surface area contributed by atoms with Gasteiger partial charge < -0.3 is 15.0 Å². The molecule has 1 unspecified atom stereocenters. The van der Waals surface area contributed by atoms with Crippen molar-refractivity contribution < 1.29 is 22.7 Å². The van der Waals surface area contributed by atoms with Gasteiger partial charge in [0, 0.05) is 18.5 Å². The number of carbonyl (C=O) groups excluding carboxylic acids is 2. The lowest BCUT2D eigenvalue weighted by Gasteiger charge is -2.35. The molecule has 242 valence electrons. The Hall–Kier alpha value is -4.63. The van der Waals surface area contributed by atoms with Crippen LogP contribution in [0.15, 0.2) is 114 Å². The summed E-state index contributed by atoms with van der Waals surface area (Å²) in [6.07, 6.45) is 0.237. The third kappa shape index (κ3) is 8.97. The predicted octanol–water partition coefficient (Wildman–Crippen LogP) is 6.14. The first-order valence-corrected chi connectivity index (χ1v) is 16.8. The van der Waals surface area contributed by atoms with Crippen molar-refractivity contribution >= 4 is 27.5 Å². The average molecular weight is 642 g/mol. The fraction of sp³-hybridized carbons (Fsp3) is 0.297. The molecule has 1 N–H and O–H groups in total. The summed E-state index contributed by atoms with van der Waals surface area (Å²) in [5.74, 6) is -0.533. The van der Waals surface area contributed by atoms with Gasteiger partial charge in [-0.3, -0.25) is 13.9 Å². The summed E-state index contributed by atoms with van der Waals surface area (Å²) in [6.45, 7) is 9.28. The predicted molar refractivity (Wildman–Crippen MR) is 182 cm³/mol. The van der Waals surface area contributed by atoms with Gasteiger partial charge in [0.25, 0.3) is 10.0 Å². The Kier molecular flexibility index (Phi) is 11.2. The number of amides is 2. The van der Waals surface area contributed by atoms with E-state index in [0.717, 1.165) is 21.0 Å². The van der Waals surface area contributed by atoms with Crippen molar-refractivity contribution in [2.45, 2.75) is 64.1 Å². The third-order valence-corrected chi connectivity index (χ3v) is 9.06. The topological polar surface area (TPSA) is 96.0 Å². The number of anilines is 1. The van der Waals surface area contributed by atoms with Gasteiger partial charge in [-0.25, -0.2) is 8.42 Å². The molecule has 4 aromatic rings. The zero-order chi connectivity index (χ0) is 33.3. The maximum Gasteiger partial charge on any atom is 0.264 e. The number of nitrogens with one attached hydrogen (secondary N) is 1. The lowest BCUT2D eigenvalue weighted by atomic mass is 10.0. The van der Waals surface area contributed by atoms with Crippen molar-refractivity contribution in [3.63, 3.8) is 0 Å². The van der Waals surface area contributed by atoms with E-state index >= 15 is 0 Å². The number of ether oxygens (including phenoxy) is 1. The number of hydrogen-bond acceptors (Lipinski definition) is 5. The Morgan fingerprint density at radius 3 is 2.00 bits per heavy atom. The Bertz CT molecular complexity index is 1700. The first kappa shape index (κ1) is 34.2. The minimum atomic E-state index is -4.23. The minimum absolute atomic E-state index is 0.0329. The van der Waals surface area contributed by atoms with E-state index in [1.165, 1.54) is 17.0 Å². The van der Waals surface area contributed by atoms with Crippen molar-refractivity contribution in [3.05, 3.63) is 126 Å². The first-order valence-electron chi connectivity index (χ1n) is 15.4. The molecule has 0 saturated carbocycles. The Morgan fingerprint density at radius 1 is 0.804 bits per heavy atom. The highest BCUT2D eigenvalue weighted by Crippen LogP contribution is 2.33. The van der Waals surface area contributed by atoms with Crippen LogP contribution in [0, 0.1) is 6.92 Å². The normalized spacial score (nSPS) is 12.2. The quantitative estimate of drug-likeness (QED) is 0.189. The monoisotopic (exact) mass is 641 g/mol. The van der Waals surface area contributed by atoms with Crippen molar-refractivity contribution in [1.29, 1.82) is 0 Å². The molecule has 4 rings (SSSR count). The van der Waals surface area contributed by atoms with Crippen LogP contribution in [0.4, 0.5) is 5.69 Å². The van der Waals surface area contributed by atoms with Crippen LogP contribution < -0.4 is 14.4 Å². The van der Waals surface area contributed by atoms with E-state index in [4.69, 9.17) is 4.74 Å². The van der Waals surface area contributed by atoms with E-state index < -0.39 is 34.1 Å². The standard InChI is InChI=1S/C37H43N3O5S/c1-6-45-34-20-14-13-19-32(34)40(46(43,44)31-17-11-8-12-18-31)27-35(41)39(26-30-23-21-28(2)22-24-30)33(36(42)38-37(3,4)5)25-29-15-9-7-10-16-29/h7-24,33H,6,25-27H2,1-5H3,(H,38,42). The summed E-state index contributed by atoms with van der Waals surface area (Å²) < 4.78 is 35.4. The van der Waals surface area contributed by atoms with Crippen LogP contribution in [0.5, 0.6) is 5.75 Å². The number of benzene rings is 4. The Balaban J connectivity index is 1.84. The molecule has 0 aliphatic carbocycles. The number of hydrogen-bond donors (Lipinski definition) is 1. The fourth-order valence-corrected chi connectivity index (χ4v) is 6.52. The molecule has 0 heterocycles. The summed E-state index contributed by atoms with van der Waals surface area (Å²) in [4.78, 5) is 30.2. The van der Waals surface area contributed by atoms with Gasteiger partial charge in [0.2, 0.25) is 11.8 Å². The van der Waals surface area contributed by atoms with Gasteiger partial charge in [-0.15, -0.1) is 0 Å². The molecule has 2 amide bonds. The van der Waals surface area contributed by atoms with Crippen molar-refractivity contribution in [3.8, 4) is 5.75 Å². The number of rotatable bonds is 13. The molecule has 0 bridgehead atoms. The van der Waals surface area contributed by atoms with Crippen LogP contribution in [-0.4, -0.2) is 49.9 Å². The van der Waals surface area contributed by atoms with Crippen LogP contribution in [0.2, 0.25) is 0 Å². The van der Waals surface area contributed by atoms with Gasteiger partial charge in [0.1, 0.15) is 18.3 Å². The number of aryl methyl sites for hydroxylation is 1. The number of sulfonamides is 1. The lowest BCUT2D eigenvalue weighted by Crippen LogP contribution is -2.56. The van der Waals surface area contributed by atoms with Crippen molar-refractivity contribution in [2.24, 2.45) is 0 Å². The lowest BCUT2D eigenvalue weighted by molar-refractivity contribution is -0.140. The number of nitrogens with zero attached hydrogens (tertiary/aromatic N) is 2. The summed E-state index contributed by atoms with van der Waals surface area (Å²) in [5, 5.41) is 3.05. The van der Waals surface area contributed by atoms with Crippen LogP contribution >= 0.6 is 0 Å².